The van der Waals surface area contributed by atoms with Crippen molar-refractivity contribution in [1.29, 1.82) is 0 Å². The van der Waals surface area contributed by atoms with E-state index in [9.17, 15) is 9.90 Å². The van der Waals surface area contributed by atoms with Crippen LogP contribution in [-0.4, -0.2) is 28.8 Å². The summed E-state index contributed by atoms with van der Waals surface area (Å²) in [4.78, 5) is 14.2. The third-order valence-electron chi connectivity index (χ3n) is 2.52. The smallest absolute Gasteiger partial charge is 0.309 e. The molecule has 0 bridgehead atoms. The van der Waals surface area contributed by atoms with E-state index in [1.54, 1.807) is 12.2 Å². The van der Waals surface area contributed by atoms with E-state index in [0.717, 1.165) is 0 Å². The zero-order chi connectivity index (χ0) is 9.47. The third-order valence-corrected chi connectivity index (χ3v) is 2.52. The number of carbonyl (C=O) groups excluding carboxylic acids is 1. The normalized spacial score (nSPS) is 42.3. The summed E-state index contributed by atoms with van der Waals surface area (Å²) in [7, 11) is 0. The van der Waals surface area contributed by atoms with E-state index in [-0.39, 0.29) is 18.4 Å². The summed E-state index contributed by atoms with van der Waals surface area (Å²) >= 11 is 0. The van der Waals surface area contributed by atoms with Gasteiger partial charge in [-0.1, -0.05) is 0 Å². The molecule has 3 unspecified atom stereocenters. The predicted octanol–water partition coefficient (Wildman–Crippen LogP) is 0.281. The number of hydrogen-bond donors (Lipinski definition) is 1. The first-order valence-corrected chi connectivity index (χ1v) is 4.12. The van der Waals surface area contributed by atoms with Gasteiger partial charge in [0.1, 0.15) is 6.10 Å². The van der Waals surface area contributed by atoms with E-state index in [0.29, 0.717) is 6.42 Å². The molecule has 4 nitrogen and oxygen atoms in total. The highest BCUT2D eigenvalue weighted by molar-refractivity contribution is 5.74. The molecular formula is C9H9NO3. The maximum atomic E-state index is 10.9. The van der Waals surface area contributed by atoms with Gasteiger partial charge in [-0.3, -0.25) is 4.79 Å². The number of carbonyl (C=O) groups is 1. The van der Waals surface area contributed by atoms with E-state index in [1.807, 2.05) is 0 Å². The molecule has 0 saturated carbocycles. The van der Waals surface area contributed by atoms with Crippen molar-refractivity contribution in [1.82, 2.24) is 0 Å². The Hall–Kier alpha value is -1.34. The molecule has 0 aromatic heterocycles. The zero-order valence-corrected chi connectivity index (χ0v) is 6.93. The van der Waals surface area contributed by atoms with Crippen molar-refractivity contribution in [2.75, 3.05) is 0 Å². The molecule has 1 saturated heterocycles. The number of nitrogens with zero attached hydrogens (tertiary/aromatic N) is 1. The van der Waals surface area contributed by atoms with Gasteiger partial charge in [0.15, 0.2) is 5.60 Å². The number of esters is 1. The lowest BCUT2D eigenvalue weighted by Gasteiger charge is -2.22. The van der Waals surface area contributed by atoms with Gasteiger partial charge in [0.05, 0.1) is 12.8 Å². The minimum atomic E-state index is -0.897. The first-order chi connectivity index (χ1) is 6.16. The first kappa shape index (κ1) is 8.27. The first-order valence-electron chi connectivity index (χ1n) is 4.12. The molecule has 2 rings (SSSR count). The number of hydrogen-bond acceptors (Lipinski definition) is 3. The molecule has 0 aromatic carbocycles. The Morgan fingerprint density at radius 2 is 2.54 bits per heavy atom. The van der Waals surface area contributed by atoms with Gasteiger partial charge in [-0.25, -0.2) is 6.57 Å². The molecule has 0 radical (unpaired) electrons. The van der Waals surface area contributed by atoms with Crippen molar-refractivity contribution < 1.29 is 14.6 Å². The summed E-state index contributed by atoms with van der Waals surface area (Å²) < 4.78 is 5.04. The quantitative estimate of drug-likeness (QED) is 0.330. The molecule has 2 aliphatic rings. The minimum Gasteiger partial charge on any atom is -0.452 e. The lowest BCUT2D eigenvalue weighted by atomic mass is 9.95. The largest absolute Gasteiger partial charge is 0.452 e. The van der Waals surface area contributed by atoms with Crippen LogP contribution in [0.4, 0.5) is 0 Å². The van der Waals surface area contributed by atoms with Crippen LogP contribution in [0.3, 0.4) is 0 Å². The van der Waals surface area contributed by atoms with Gasteiger partial charge < -0.3 is 14.7 Å². The van der Waals surface area contributed by atoms with Crippen molar-refractivity contribution in [2.45, 2.75) is 30.6 Å². The van der Waals surface area contributed by atoms with Crippen LogP contribution in [0.25, 0.3) is 4.85 Å². The standard InChI is InChI=1S/C9H9NO3/c1-10-6-2-3-9(5-6)7(11)4-8(12)13-9/h2-3,6-7,11H,4-5H2. The Balaban J connectivity index is 2.21. The molecule has 13 heavy (non-hydrogen) atoms. The van der Waals surface area contributed by atoms with Crippen LogP contribution in [0.5, 0.6) is 0 Å². The molecule has 68 valence electrons. The van der Waals surface area contributed by atoms with Crippen LogP contribution in [0, 0.1) is 6.57 Å². The van der Waals surface area contributed by atoms with Crippen molar-refractivity contribution in [3.05, 3.63) is 23.6 Å². The number of aliphatic hydroxyl groups is 1. The molecule has 1 aliphatic carbocycles. The SMILES string of the molecule is [C-]#[N+]C1C=CC2(C1)OC(=O)CC2O. The fourth-order valence-electron chi connectivity index (χ4n) is 1.80. The molecular weight excluding hydrogens is 170 g/mol. The predicted molar refractivity (Wildman–Crippen MR) is 43.6 cm³/mol. The van der Waals surface area contributed by atoms with Crippen molar-refractivity contribution in [2.24, 2.45) is 0 Å². The van der Waals surface area contributed by atoms with E-state index in [1.165, 1.54) is 0 Å². The fourth-order valence-corrected chi connectivity index (χ4v) is 1.80. The maximum absolute atomic E-state index is 10.9. The topological polar surface area (TPSA) is 50.9 Å². The van der Waals surface area contributed by atoms with Crippen molar-refractivity contribution in [3.63, 3.8) is 0 Å². The van der Waals surface area contributed by atoms with Gasteiger partial charge in [-0.2, -0.15) is 0 Å². The van der Waals surface area contributed by atoms with E-state index in [4.69, 9.17) is 11.3 Å². The molecule has 1 heterocycles. The zero-order valence-electron chi connectivity index (χ0n) is 6.93. The summed E-state index contributed by atoms with van der Waals surface area (Å²) in [5.74, 6) is -0.386. The van der Waals surface area contributed by atoms with Crippen LogP contribution >= 0.6 is 0 Å². The molecule has 0 amide bonds. The average molecular weight is 179 g/mol. The maximum Gasteiger partial charge on any atom is 0.309 e. The summed E-state index contributed by atoms with van der Waals surface area (Å²) in [6, 6.07) is -0.263. The number of aliphatic hydroxyl groups excluding tert-OH is 1. The van der Waals surface area contributed by atoms with Gasteiger partial charge in [0.2, 0.25) is 6.04 Å². The lowest BCUT2D eigenvalue weighted by molar-refractivity contribution is -0.146. The van der Waals surface area contributed by atoms with Crippen molar-refractivity contribution >= 4 is 5.97 Å². The molecule has 1 fully saturated rings. The van der Waals surface area contributed by atoms with Crippen LogP contribution < -0.4 is 0 Å². The Morgan fingerprint density at radius 3 is 3.00 bits per heavy atom. The summed E-state index contributed by atoms with van der Waals surface area (Å²) in [6.45, 7) is 6.81. The van der Waals surface area contributed by atoms with Gasteiger partial charge in [0, 0.05) is 0 Å². The fraction of sp³-hybridized carbons (Fsp3) is 0.556. The third kappa shape index (κ3) is 1.12. The van der Waals surface area contributed by atoms with Crippen LogP contribution in [0.1, 0.15) is 12.8 Å². The van der Waals surface area contributed by atoms with Crippen LogP contribution in [-0.2, 0) is 9.53 Å². The summed E-state index contributed by atoms with van der Waals surface area (Å²) in [5, 5.41) is 9.56. The number of ether oxygens (including phenoxy) is 1. The molecule has 1 N–H and O–H groups in total. The highest BCUT2D eigenvalue weighted by atomic mass is 16.6. The monoisotopic (exact) mass is 179 g/mol. The molecule has 0 aromatic rings. The van der Waals surface area contributed by atoms with Crippen LogP contribution in [0.15, 0.2) is 12.2 Å². The second-order valence-corrected chi connectivity index (χ2v) is 3.41. The van der Waals surface area contributed by atoms with Gasteiger partial charge in [0.25, 0.3) is 0 Å². The molecule has 3 atom stereocenters. The Labute approximate surface area is 75.6 Å². The summed E-state index contributed by atoms with van der Waals surface area (Å²) in [5.41, 5.74) is -0.897. The van der Waals surface area contributed by atoms with E-state index in [2.05, 4.69) is 4.85 Å². The van der Waals surface area contributed by atoms with Crippen molar-refractivity contribution in [3.8, 4) is 0 Å². The van der Waals surface area contributed by atoms with Gasteiger partial charge in [-0.05, 0) is 12.2 Å². The summed E-state index contributed by atoms with van der Waals surface area (Å²) in [6.07, 6.45) is 2.97. The average Bonchev–Trinajstić information content (AvgIpc) is 2.59. The highest BCUT2D eigenvalue weighted by Gasteiger charge is 2.52. The van der Waals surface area contributed by atoms with E-state index < -0.39 is 11.7 Å². The minimum absolute atomic E-state index is 0.0368. The van der Waals surface area contributed by atoms with E-state index >= 15 is 0 Å². The molecule has 1 spiro atoms. The lowest BCUT2D eigenvalue weighted by Crippen LogP contribution is -2.36. The van der Waals surface area contributed by atoms with Crippen LogP contribution in [0.2, 0.25) is 0 Å². The molecule has 4 heteroatoms. The molecule has 1 aliphatic heterocycles. The number of rotatable bonds is 0. The highest BCUT2D eigenvalue weighted by Crippen LogP contribution is 2.38. The second-order valence-electron chi connectivity index (χ2n) is 3.41. The Bertz CT molecular complexity index is 317. The second kappa shape index (κ2) is 2.57. The Kier molecular flexibility index (Phi) is 1.64. The Morgan fingerprint density at radius 1 is 1.77 bits per heavy atom. The van der Waals surface area contributed by atoms with Gasteiger partial charge >= 0.3 is 5.97 Å². The van der Waals surface area contributed by atoms with Gasteiger partial charge in [-0.15, -0.1) is 0 Å².